The Balaban J connectivity index is 2.84. The third-order valence-corrected chi connectivity index (χ3v) is 3.20. The Morgan fingerprint density at radius 3 is 2.79 bits per heavy atom. The van der Waals surface area contributed by atoms with Crippen LogP contribution in [0.1, 0.15) is 35.7 Å². The lowest BCUT2D eigenvalue weighted by Crippen LogP contribution is -2.44. The van der Waals surface area contributed by atoms with Gasteiger partial charge in [-0.2, -0.15) is 0 Å². The van der Waals surface area contributed by atoms with Gasteiger partial charge < -0.3 is 16.3 Å². The molecule has 0 aliphatic carbocycles. The summed E-state index contributed by atoms with van der Waals surface area (Å²) in [5.74, 6) is -0.305. The van der Waals surface area contributed by atoms with Gasteiger partial charge in [-0.15, -0.1) is 0 Å². The third kappa shape index (κ3) is 4.13. The number of carbonyl (C=O) groups is 1. The monoisotopic (exact) mass is 283 g/mol. The van der Waals surface area contributed by atoms with Gasteiger partial charge in [0.25, 0.3) is 5.91 Å². The van der Waals surface area contributed by atoms with Crippen molar-refractivity contribution in [1.82, 2.24) is 5.32 Å². The first-order chi connectivity index (χ1) is 8.99. The summed E-state index contributed by atoms with van der Waals surface area (Å²) < 4.78 is 0. The van der Waals surface area contributed by atoms with E-state index in [1.165, 1.54) is 0 Å². The summed E-state index contributed by atoms with van der Waals surface area (Å²) in [7, 11) is 0. The highest BCUT2D eigenvalue weighted by Gasteiger charge is 2.17. The van der Waals surface area contributed by atoms with Crippen LogP contribution < -0.4 is 11.1 Å². The molecule has 0 radical (unpaired) electrons. The van der Waals surface area contributed by atoms with Crippen LogP contribution in [0.3, 0.4) is 0 Å². The van der Waals surface area contributed by atoms with Crippen LogP contribution in [0.2, 0.25) is 5.02 Å². The van der Waals surface area contributed by atoms with Crippen LogP contribution in [0.25, 0.3) is 0 Å². The van der Waals surface area contributed by atoms with E-state index in [9.17, 15) is 4.79 Å². The van der Waals surface area contributed by atoms with Crippen molar-refractivity contribution in [3.63, 3.8) is 0 Å². The number of nitrogens with zero attached hydrogens (tertiary/aromatic N) is 1. The standard InChI is InChI=1S/C13H18ClN3O2/c1-3-4-11(12(15)17-19)16-13(18)9-6-5-8(2)10(14)7-9/h5-7,11,19H,3-4H2,1-2H3,(H2,15,17)(H,16,18). The molecule has 0 saturated heterocycles. The Hall–Kier alpha value is -1.75. The molecule has 4 N–H and O–H groups in total. The molecule has 6 heteroatoms. The molecule has 0 bridgehead atoms. The number of benzene rings is 1. The van der Waals surface area contributed by atoms with E-state index in [1.807, 2.05) is 13.8 Å². The van der Waals surface area contributed by atoms with Gasteiger partial charge in [-0.25, -0.2) is 0 Å². The van der Waals surface area contributed by atoms with Crippen LogP contribution in [0.4, 0.5) is 0 Å². The van der Waals surface area contributed by atoms with Gasteiger partial charge in [0.1, 0.15) is 0 Å². The predicted molar refractivity (Wildman–Crippen MR) is 75.8 cm³/mol. The lowest BCUT2D eigenvalue weighted by molar-refractivity contribution is 0.0945. The number of halogens is 1. The molecule has 0 spiro atoms. The summed E-state index contributed by atoms with van der Waals surface area (Å²) in [6.45, 7) is 3.81. The Kier molecular flexibility index (Phi) is 5.63. The van der Waals surface area contributed by atoms with Gasteiger partial charge in [0.05, 0.1) is 6.04 Å². The first-order valence-corrected chi connectivity index (χ1v) is 6.41. The Morgan fingerprint density at radius 1 is 1.58 bits per heavy atom. The molecule has 0 saturated carbocycles. The van der Waals surface area contributed by atoms with E-state index in [0.717, 1.165) is 12.0 Å². The van der Waals surface area contributed by atoms with Crippen molar-refractivity contribution >= 4 is 23.3 Å². The molecule has 5 nitrogen and oxygen atoms in total. The molecule has 1 aromatic carbocycles. The van der Waals surface area contributed by atoms with Crippen molar-refractivity contribution in [3.8, 4) is 0 Å². The zero-order valence-corrected chi connectivity index (χ0v) is 11.7. The molecule has 104 valence electrons. The van der Waals surface area contributed by atoms with Gasteiger partial charge >= 0.3 is 0 Å². The van der Waals surface area contributed by atoms with Crippen molar-refractivity contribution < 1.29 is 10.0 Å². The van der Waals surface area contributed by atoms with E-state index in [2.05, 4.69) is 10.5 Å². The highest BCUT2D eigenvalue weighted by Crippen LogP contribution is 2.16. The Bertz CT molecular complexity index is 489. The molecule has 1 unspecified atom stereocenters. The zero-order chi connectivity index (χ0) is 14.4. The summed E-state index contributed by atoms with van der Waals surface area (Å²) in [6.07, 6.45) is 1.40. The maximum Gasteiger partial charge on any atom is 0.251 e. The van der Waals surface area contributed by atoms with Crippen LogP contribution in [-0.4, -0.2) is 23.0 Å². The number of carbonyl (C=O) groups excluding carboxylic acids is 1. The summed E-state index contributed by atoms with van der Waals surface area (Å²) in [5.41, 5.74) is 6.89. The normalized spacial score (nSPS) is 13.1. The quantitative estimate of drug-likeness (QED) is 0.335. The van der Waals surface area contributed by atoms with Gasteiger partial charge in [0.15, 0.2) is 5.84 Å². The maximum atomic E-state index is 12.1. The summed E-state index contributed by atoms with van der Waals surface area (Å²) >= 11 is 5.98. The molecule has 1 rings (SSSR count). The largest absolute Gasteiger partial charge is 0.409 e. The summed E-state index contributed by atoms with van der Waals surface area (Å²) in [4.78, 5) is 12.1. The molecule has 0 aliphatic rings. The lowest BCUT2D eigenvalue weighted by atomic mass is 10.1. The van der Waals surface area contributed by atoms with Crippen LogP contribution in [-0.2, 0) is 0 Å². The fourth-order valence-electron chi connectivity index (χ4n) is 1.63. The van der Waals surface area contributed by atoms with Gasteiger partial charge in [-0.3, -0.25) is 4.79 Å². The Morgan fingerprint density at radius 2 is 2.26 bits per heavy atom. The summed E-state index contributed by atoms with van der Waals surface area (Å²) in [6, 6.07) is 4.57. The van der Waals surface area contributed by atoms with E-state index in [4.69, 9.17) is 22.5 Å². The van der Waals surface area contributed by atoms with Crippen LogP contribution >= 0.6 is 11.6 Å². The number of hydrogen-bond acceptors (Lipinski definition) is 3. The SMILES string of the molecule is CCCC(NC(=O)c1ccc(C)c(Cl)c1)C(N)=NO. The van der Waals surface area contributed by atoms with Crippen molar-refractivity contribution in [2.75, 3.05) is 0 Å². The van der Waals surface area contributed by atoms with Crippen LogP contribution in [0.15, 0.2) is 23.4 Å². The van der Waals surface area contributed by atoms with Crippen LogP contribution in [0.5, 0.6) is 0 Å². The van der Waals surface area contributed by atoms with Gasteiger partial charge in [-0.1, -0.05) is 36.2 Å². The second kappa shape index (κ2) is 6.99. The van der Waals surface area contributed by atoms with Gasteiger partial charge in [-0.05, 0) is 31.0 Å². The second-order valence-electron chi connectivity index (χ2n) is 4.30. The Labute approximate surface area is 117 Å². The number of hydrogen-bond donors (Lipinski definition) is 3. The fraction of sp³-hybridized carbons (Fsp3) is 0.385. The van der Waals surface area contributed by atoms with E-state index >= 15 is 0 Å². The van der Waals surface area contributed by atoms with Crippen molar-refractivity contribution in [2.24, 2.45) is 10.9 Å². The first-order valence-electron chi connectivity index (χ1n) is 6.04. The molecule has 1 aromatic rings. The molecule has 19 heavy (non-hydrogen) atoms. The number of nitrogens with two attached hydrogens (primary N) is 1. The van der Waals surface area contributed by atoms with Crippen molar-refractivity contribution in [3.05, 3.63) is 34.3 Å². The number of nitrogens with one attached hydrogen (secondary N) is 1. The summed E-state index contributed by atoms with van der Waals surface area (Å²) in [5, 5.41) is 14.9. The molecule has 1 amide bonds. The number of oxime groups is 1. The molecule has 0 heterocycles. The minimum atomic E-state index is -0.484. The van der Waals surface area contributed by atoms with E-state index in [1.54, 1.807) is 18.2 Å². The number of rotatable bonds is 5. The minimum Gasteiger partial charge on any atom is -0.409 e. The van der Waals surface area contributed by atoms with Crippen LogP contribution in [0, 0.1) is 6.92 Å². The molecule has 0 aliphatic heterocycles. The molecule has 1 atom stereocenters. The van der Waals surface area contributed by atoms with Crippen molar-refractivity contribution in [1.29, 1.82) is 0 Å². The number of amides is 1. The highest BCUT2D eigenvalue weighted by molar-refractivity contribution is 6.31. The number of amidine groups is 1. The van der Waals surface area contributed by atoms with Gasteiger partial charge in [0, 0.05) is 10.6 Å². The topological polar surface area (TPSA) is 87.7 Å². The van der Waals surface area contributed by atoms with Gasteiger partial charge in [0.2, 0.25) is 0 Å². The second-order valence-corrected chi connectivity index (χ2v) is 4.71. The average molecular weight is 284 g/mol. The fourth-order valence-corrected chi connectivity index (χ4v) is 1.81. The predicted octanol–water partition coefficient (Wildman–Crippen LogP) is 2.29. The molecule has 0 fully saturated rings. The van der Waals surface area contributed by atoms with E-state index < -0.39 is 6.04 Å². The third-order valence-electron chi connectivity index (χ3n) is 2.79. The molecule has 0 aromatic heterocycles. The van der Waals surface area contributed by atoms with E-state index in [0.29, 0.717) is 17.0 Å². The highest BCUT2D eigenvalue weighted by atomic mass is 35.5. The molecular formula is C13H18ClN3O2. The van der Waals surface area contributed by atoms with Crippen molar-refractivity contribution in [2.45, 2.75) is 32.7 Å². The number of aryl methyl sites for hydroxylation is 1. The average Bonchev–Trinajstić information content (AvgIpc) is 2.40. The zero-order valence-electron chi connectivity index (χ0n) is 11.0. The maximum absolute atomic E-state index is 12.1. The molecular weight excluding hydrogens is 266 g/mol. The van der Waals surface area contributed by atoms with E-state index in [-0.39, 0.29) is 11.7 Å². The smallest absolute Gasteiger partial charge is 0.251 e. The minimum absolute atomic E-state index is 0.00610. The lowest BCUT2D eigenvalue weighted by Gasteiger charge is -2.16. The first kappa shape index (κ1) is 15.3.